The van der Waals surface area contributed by atoms with Crippen LogP contribution in [-0.4, -0.2) is 22.7 Å². The zero-order chi connectivity index (χ0) is 19.2. The number of carbonyl (C=O) groups excluding carboxylic acids is 1. The second-order valence-corrected chi connectivity index (χ2v) is 6.36. The number of unbranched alkanes of at least 4 members (excludes halogenated alkanes) is 2. The third-order valence-corrected chi connectivity index (χ3v) is 4.29. The number of para-hydroxylation sites is 1. The molecular weight excluding hydrogens is 342 g/mol. The summed E-state index contributed by atoms with van der Waals surface area (Å²) in [6.07, 6.45) is 2.84. The molecule has 3 rings (SSSR count). The van der Waals surface area contributed by atoms with Gasteiger partial charge in [-0.25, -0.2) is 9.78 Å². The van der Waals surface area contributed by atoms with Crippen LogP contribution in [0.15, 0.2) is 48.5 Å². The number of pyridine rings is 1. The lowest BCUT2D eigenvalue weighted by Crippen LogP contribution is -2.10. The number of aromatic nitrogens is 1. The SMILES string of the molecule is CCCCCOC(=O)c1nc(C)c2cc(Oc3ccccc3)ccc2c1O. The van der Waals surface area contributed by atoms with Crippen molar-refractivity contribution in [3.63, 3.8) is 0 Å². The van der Waals surface area contributed by atoms with Gasteiger partial charge in [-0.05, 0) is 43.7 Å². The third kappa shape index (κ3) is 4.37. The lowest BCUT2D eigenvalue weighted by molar-refractivity contribution is 0.0488. The molecule has 0 saturated heterocycles. The summed E-state index contributed by atoms with van der Waals surface area (Å²) in [5, 5.41) is 11.8. The van der Waals surface area contributed by atoms with Gasteiger partial charge in [-0.2, -0.15) is 0 Å². The van der Waals surface area contributed by atoms with E-state index in [1.165, 1.54) is 0 Å². The minimum absolute atomic E-state index is 0.0479. The van der Waals surface area contributed by atoms with E-state index in [1.54, 1.807) is 25.1 Å². The Morgan fingerprint density at radius 3 is 2.56 bits per heavy atom. The van der Waals surface area contributed by atoms with Crippen LogP contribution >= 0.6 is 0 Å². The van der Waals surface area contributed by atoms with Gasteiger partial charge in [-0.1, -0.05) is 38.0 Å². The van der Waals surface area contributed by atoms with Crippen molar-refractivity contribution < 1.29 is 19.4 Å². The monoisotopic (exact) mass is 365 g/mol. The molecule has 1 aromatic heterocycles. The molecule has 0 fully saturated rings. The highest BCUT2D eigenvalue weighted by atomic mass is 16.5. The molecule has 27 heavy (non-hydrogen) atoms. The van der Waals surface area contributed by atoms with Crippen LogP contribution in [0.4, 0.5) is 0 Å². The second-order valence-electron chi connectivity index (χ2n) is 6.36. The fourth-order valence-corrected chi connectivity index (χ4v) is 2.85. The van der Waals surface area contributed by atoms with Gasteiger partial charge in [-0.15, -0.1) is 0 Å². The first-order valence-electron chi connectivity index (χ1n) is 9.13. The Morgan fingerprint density at radius 1 is 1.04 bits per heavy atom. The molecule has 0 aliphatic rings. The molecule has 1 N–H and O–H groups in total. The van der Waals surface area contributed by atoms with E-state index in [0.29, 0.717) is 23.4 Å². The van der Waals surface area contributed by atoms with E-state index >= 15 is 0 Å². The largest absolute Gasteiger partial charge is 0.505 e. The Kier molecular flexibility index (Phi) is 5.91. The predicted octanol–water partition coefficient (Wildman–Crippen LogP) is 5.39. The number of ether oxygens (including phenoxy) is 2. The molecule has 5 heteroatoms. The average Bonchev–Trinajstić information content (AvgIpc) is 2.68. The molecule has 0 aliphatic carbocycles. The number of aryl methyl sites for hydroxylation is 1. The maximum atomic E-state index is 12.3. The third-order valence-electron chi connectivity index (χ3n) is 4.29. The van der Waals surface area contributed by atoms with Crippen LogP contribution in [0, 0.1) is 6.92 Å². The maximum absolute atomic E-state index is 12.3. The average molecular weight is 365 g/mol. The zero-order valence-electron chi connectivity index (χ0n) is 15.6. The Hall–Kier alpha value is -3.08. The van der Waals surface area contributed by atoms with Crippen molar-refractivity contribution >= 4 is 16.7 Å². The Labute approximate surface area is 158 Å². The van der Waals surface area contributed by atoms with Crippen LogP contribution in [0.3, 0.4) is 0 Å². The highest BCUT2D eigenvalue weighted by Gasteiger charge is 2.19. The summed E-state index contributed by atoms with van der Waals surface area (Å²) in [5.74, 6) is 0.590. The number of carbonyl (C=O) groups is 1. The van der Waals surface area contributed by atoms with Crippen molar-refractivity contribution in [3.05, 3.63) is 59.9 Å². The van der Waals surface area contributed by atoms with Gasteiger partial charge in [0.25, 0.3) is 0 Å². The molecule has 140 valence electrons. The second kappa shape index (κ2) is 8.54. The summed E-state index contributed by atoms with van der Waals surface area (Å²) >= 11 is 0. The van der Waals surface area contributed by atoms with Crippen molar-refractivity contribution in [2.75, 3.05) is 6.61 Å². The van der Waals surface area contributed by atoms with Gasteiger partial charge in [0.05, 0.1) is 6.61 Å². The van der Waals surface area contributed by atoms with E-state index in [-0.39, 0.29) is 11.4 Å². The highest BCUT2D eigenvalue weighted by Crippen LogP contribution is 2.33. The van der Waals surface area contributed by atoms with Gasteiger partial charge in [-0.3, -0.25) is 0 Å². The lowest BCUT2D eigenvalue weighted by atomic mass is 10.1. The Bertz CT molecular complexity index is 938. The molecule has 0 unspecified atom stereocenters. The van der Waals surface area contributed by atoms with Gasteiger partial charge in [0, 0.05) is 16.5 Å². The fraction of sp³-hybridized carbons (Fsp3) is 0.273. The number of hydrogen-bond donors (Lipinski definition) is 1. The van der Waals surface area contributed by atoms with Crippen molar-refractivity contribution in [3.8, 4) is 17.2 Å². The summed E-state index contributed by atoms with van der Waals surface area (Å²) in [4.78, 5) is 16.5. The van der Waals surface area contributed by atoms with E-state index in [0.717, 1.165) is 30.4 Å². The minimum atomic E-state index is -0.599. The first-order chi connectivity index (χ1) is 13.1. The number of nitrogens with zero attached hydrogens (tertiary/aromatic N) is 1. The van der Waals surface area contributed by atoms with E-state index in [4.69, 9.17) is 9.47 Å². The number of esters is 1. The standard InChI is InChI=1S/C22H23NO4/c1-3-4-8-13-26-22(25)20-21(24)18-12-11-17(14-19(18)15(2)23-20)27-16-9-6-5-7-10-16/h5-7,9-12,14,24H,3-4,8,13H2,1-2H3. The minimum Gasteiger partial charge on any atom is -0.505 e. The molecule has 0 amide bonds. The van der Waals surface area contributed by atoms with Crippen LogP contribution in [0.2, 0.25) is 0 Å². The smallest absolute Gasteiger partial charge is 0.360 e. The Balaban J connectivity index is 1.86. The van der Waals surface area contributed by atoms with E-state index in [9.17, 15) is 9.90 Å². The van der Waals surface area contributed by atoms with Gasteiger partial charge in [0.1, 0.15) is 11.5 Å². The van der Waals surface area contributed by atoms with Crippen molar-refractivity contribution in [2.24, 2.45) is 0 Å². The van der Waals surface area contributed by atoms with Crippen molar-refractivity contribution in [2.45, 2.75) is 33.1 Å². The normalized spacial score (nSPS) is 10.7. The summed E-state index contributed by atoms with van der Waals surface area (Å²) in [6.45, 7) is 4.20. The summed E-state index contributed by atoms with van der Waals surface area (Å²) in [7, 11) is 0. The van der Waals surface area contributed by atoms with Gasteiger partial charge >= 0.3 is 5.97 Å². The van der Waals surface area contributed by atoms with Crippen molar-refractivity contribution in [1.29, 1.82) is 0 Å². The summed E-state index contributed by atoms with van der Waals surface area (Å²) in [6, 6.07) is 14.7. The van der Waals surface area contributed by atoms with E-state index in [1.807, 2.05) is 30.3 Å². The molecular formula is C22H23NO4. The number of fused-ring (bicyclic) bond motifs is 1. The maximum Gasteiger partial charge on any atom is 0.360 e. The first kappa shape index (κ1) is 18.7. The molecule has 3 aromatic rings. The molecule has 0 spiro atoms. The quantitative estimate of drug-likeness (QED) is 0.449. The number of rotatable bonds is 7. The molecule has 0 saturated carbocycles. The summed E-state index contributed by atoms with van der Waals surface area (Å²) < 4.78 is 11.1. The number of aromatic hydroxyl groups is 1. The van der Waals surface area contributed by atoms with Gasteiger partial charge in [0.15, 0.2) is 11.4 Å². The topological polar surface area (TPSA) is 68.7 Å². The predicted molar refractivity (Wildman–Crippen MR) is 104 cm³/mol. The zero-order valence-corrected chi connectivity index (χ0v) is 15.6. The number of hydrogen-bond acceptors (Lipinski definition) is 5. The van der Waals surface area contributed by atoms with Crippen LogP contribution in [-0.2, 0) is 4.74 Å². The molecule has 0 bridgehead atoms. The van der Waals surface area contributed by atoms with Crippen LogP contribution in [0.25, 0.3) is 10.8 Å². The molecule has 1 heterocycles. The van der Waals surface area contributed by atoms with Gasteiger partial charge in [0.2, 0.25) is 0 Å². The molecule has 2 aromatic carbocycles. The van der Waals surface area contributed by atoms with Crippen molar-refractivity contribution in [1.82, 2.24) is 4.98 Å². The Morgan fingerprint density at radius 2 is 1.81 bits per heavy atom. The van der Waals surface area contributed by atoms with E-state index < -0.39 is 5.97 Å². The summed E-state index contributed by atoms with van der Waals surface area (Å²) in [5.41, 5.74) is 0.579. The van der Waals surface area contributed by atoms with Crippen LogP contribution in [0.5, 0.6) is 17.2 Å². The fourth-order valence-electron chi connectivity index (χ4n) is 2.85. The number of benzene rings is 2. The van der Waals surface area contributed by atoms with Gasteiger partial charge < -0.3 is 14.6 Å². The molecule has 5 nitrogen and oxygen atoms in total. The molecule has 0 aliphatic heterocycles. The van der Waals surface area contributed by atoms with E-state index in [2.05, 4.69) is 11.9 Å². The lowest BCUT2D eigenvalue weighted by Gasteiger charge is -2.12. The highest BCUT2D eigenvalue weighted by molar-refractivity contribution is 6.00. The molecule has 0 atom stereocenters. The first-order valence-corrected chi connectivity index (χ1v) is 9.13. The van der Waals surface area contributed by atoms with Crippen LogP contribution in [0.1, 0.15) is 42.4 Å². The van der Waals surface area contributed by atoms with Crippen LogP contribution < -0.4 is 4.74 Å². The molecule has 0 radical (unpaired) electrons.